The van der Waals surface area contributed by atoms with Crippen molar-refractivity contribution in [1.29, 1.82) is 0 Å². The van der Waals surface area contributed by atoms with Gasteiger partial charge in [-0.2, -0.15) is 48.5 Å². The molecule has 123 heavy (non-hydrogen) atoms. The van der Waals surface area contributed by atoms with Crippen LogP contribution < -0.4 is 159 Å². The molecule has 0 unspecified atom stereocenters. The molecule has 644 valence electrons. The number of aliphatic carboxylic acids is 1. The van der Waals surface area contributed by atoms with E-state index in [1.54, 1.807) is 0 Å². The van der Waals surface area contributed by atoms with E-state index in [4.69, 9.17) is 92.8 Å². The van der Waals surface area contributed by atoms with Crippen molar-refractivity contribution in [2.24, 2.45) is 23.7 Å². The molecule has 46 heteroatoms. The number of carboxylic acids is 1. The quantitative estimate of drug-likeness (QED) is 0.0173. The molecule has 3 saturated carbocycles. The Hall–Kier alpha value is -7.28. The third-order valence-electron chi connectivity index (χ3n) is 21.7. The van der Waals surface area contributed by atoms with E-state index in [0.717, 1.165) is 131 Å². The van der Waals surface area contributed by atoms with E-state index in [1.807, 2.05) is 96.3 Å². The van der Waals surface area contributed by atoms with Gasteiger partial charge in [-0.05, 0) is 215 Å². The number of fused-ring (bicyclic) bond motifs is 7. The molecule has 0 spiro atoms. The summed E-state index contributed by atoms with van der Waals surface area (Å²) in [5.74, 6) is 2.02. The van der Waals surface area contributed by atoms with Gasteiger partial charge in [-0.15, -0.1) is 0 Å². The molecule has 37 nitrogen and oxygen atoms in total. The van der Waals surface area contributed by atoms with Crippen LogP contribution in [0.1, 0.15) is 138 Å². The Labute approximate surface area is 825 Å². The maximum Gasteiger partial charge on any atom is 1.00 e. The largest absolute Gasteiger partial charge is 1.00 e. The standard InChI is InChI=1S/C19H21N7O.C18H20N8O.C13H17BN2O3.C12H16IN5.C7H13Br.C5H4IN5.C2HF3O2.CH2O3.2K.H/c20-17-15-16(12-6-7-14-13(8-12)24-19(21)27-14)25-26(18(15)23-10-22-17)9-11-4-2-1-3-5-11;19-16-14-15(11-1-2-13-12(7-11)24-18(20)27-13)25-26(17(14)23-9-22-16)8-10-3-5-21-6-4-10;1-12(2)13(3,4)19-14(18-12)8-5-6-10-9(7-8)16-11(15)17-10;13-10-9-11(14)15-7-16-12(9)18(17-10)6-8-4-2-1-3-5-8;8-6-7-4-2-1-3-5-7;6-3-2-4(7)8-1-9-5(2)11-10-3;3-2(4,5)1(6)7;2-1-4-3;;;/h6-8,10-11H,1-5,9H2,(H2,21,24)(H2,20,22,23);1-2,7,9-10,21H,3-6,8H2,(H2,20,24)(H2,19,22,23);5-7H,1-4H3,(H2,15,16);7-8H,1-6H2,(H2,14,15,16);7H,1-6H2;1H,(H3,7,8,9,10,11);(H,6,7);1,3H;;;/q;;;;;;;;2*+1;-1/p-1. The van der Waals surface area contributed by atoms with E-state index in [0.29, 0.717) is 74.1 Å². The number of oxazole rings is 3. The predicted octanol–water partition coefficient (Wildman–Crippen LogP) is 6.17. The summed E-state index contributed by atoms with van der Waals surface area (Å²) in [5.41, 5.74) is 51.3. The number of hydrogen-bond donors (Lipinski definition) is 10. The number of halogens is 6. The summed E-state index contributed by atoms with van der Waals surface area (Å²) in [5, 5.41) is 44.4. The van der Waals surface area contributed by atoms with Gasteiger partial charge in [0.1, 0.15) is 83.9 Å². The summed E-state index contributed by atoms with van der Waals surface area (Å²) in [7, 11) is -0.396. The van der Waals surface area contributed by atoms with Crippen LogP contribution in [0.15, 0.2) is 93.2 Å². The zero-order valence-electron chi connectivity index (χ0n) is 69.7. The van der Waals surface area contributed by atoms with Gasteiger partial charge >= 0.3 is 122 Å². The Morgan fingerprint density at radius 2 is 0.935 bits per heavy atom. The van der Waals surface area contributed by atoms with Gasteiger partial charge in [-0.1, -0.05) is 79.8 Å². The molecule has 0 amide bonds. The molecule has 19 rings (SSSR count). The average molecular weight is 2040 g/mol. The summed E-state index contributed by atoms with van der Waals surface area (Å²) in [6.07, 6.45) is 23.5. The first-order valence-electron chi connectivity index (χ1n) is 39.3. The molecule has 13 heterocycles. The molecule has 11 aromatic heterocycles. The van der Waals surface area contributed by atoms with E-state index >= 15 is 0 Å². The first kappa shape index (κ1) is 97.9. The normalized spacial score (nSPS) is 16.0. The van der Waals surface area contributed by atoms with Crippen LogP contribution >= 0.6 is 61.1 Å². The van der Waals surface area contributed by atoms with Crippen molar-refractivity contribution in [2.75, 3.05) is 58.6 Å². The molecule has 0 atom stereocenters. The van der Waals surface area contributed by atoms with E-state index in [-0.39, 0.29) is 140 Å². The summed E-state index contributed by atoms with van der Waals surface area (Å²) < 4.78 is 67.4. The number of nitrogens with two attached hydrogens (primary N) is 7. The molecule has 0 bridgehead atoms. The molecule has 17 N–H and O–H groups in total. The van der Waals surface area contributed by atoms with Gasteiger partial charge in [-0.25, -0.2) is 58.7 Å². The third kappa shape index (κ3) is 25.2. The summed E-state index contributed by atoms with van der Waals surface area (Å²) in [4.78, 5) is 66.1. The number of H-pyrrole nitrogens is 1. The number of nitrogen functional groups attached to an aromatic ring is 7. The number of carbonyl (C=O) groups excluding carboxylic acids is 1. The number of aromatic amines is 1. The van der Waals surface area contributed by atoms with Crippen molar-refractivity contribution >= 4 is 205 Å². The SMILES string of the molecule is BrCC1CCCCC1.CC1(C)OB(c2ccc3oc(N)nc3c2)OC1(C)C.Nc1nc2cc(-c3nn(CC4CCCCC4)c4ncnc(N)c34)ccc2o1.Nc1nc2cc(-c3nn(CC4CCNCC4)c4ncnc(N)c34)ccc2o1.Nc1ncnc2c1c(I)nn2CC1CCCCC1.Nc1ncnc2n[nH]c(I)c12.O=C(O)C(F)(F)F.O=CO[O-].[H-].[K+].[K+]. The second-order valence-electron chi connectivity index (χ2n) is 30.6. The van der Waals surface area contributed by atoms with Gasteiger partial charge in [0, 0.05) is 36.1 Å². The van der Waals surface area contributed by atoms with Gasteiger partial charge in [0.25, 0.3) is 24.5 Å². The molecule has 3 aliphatic carbocycles. The van der Waals surface area contributed by atoms with Gasteiger partial charge in [-0.3, -0.25) is 9.89 Å². The second-order valence-corrected chi connectivity index (χ2v) is 33.3. The van der Waals surface area contributed by atoms with Gasteiger partial charge in [0.05, 0.1) is 32.7 Å². The molecule has 2 aliphatic heterocycles. The molecule has 5 aliphatic rings. The zero-order chi connectivity index (χ0) is 86.3. The van der Waals surface area contributed by atoms with Crippen LogP contribution in [0.25, 0.3) is 99.9 Å². The van der Waals surface area contributed by atoms with Crippen LogP contribution in [-0.4, -0.2) is 155 Å². The van der Waals surface area contributed by atoms with Gasteiger partial charge in [0.15, 0.2) is 39.3 Å². The molecule has 14 aromatic rings. The number of hydrogen-bond acceptors (Lipinski definition) is 32. The van der Waals surface area contributed by atoms with Crippen LogP contribution in [0.4, 0.5) is 54.5 Å². The smallest absolute Gasteiger partial charge is 1.00 e. The van der Waals surface area contributed by atoms with Crippen LogP contribution in [0.5, 0.6) is 0 Å². The number of carbonyl (C=O) groups is 2. The summed E-state index contributed by atoms with van der Waals surface area (Å²) in [6, 6.07) is 17.5. The van der Waals surface area contributed by atoms with Crippen LogP contribution in [0.2, 0.25) is 0 Å². The molecule has 0 radical (unpaired) electrons. The predicted molar refractivity (Wildman–Crippen MR) is 471 cm³/mol. The maximum absolute atomic E-state index is 10.6. The third-order valence-corrected chi connectivity index (χ3v) is 24.2. The number of alkyl halides is 4. The van der Waals surface area contributed by atoms with Crippen molar-refractivity contribution in [1.82, 2.24) is 99.7 Å². The van der Waals surface area contributed by atoms with Crippen LogP contribution in [0.3, 0.4) is 0 Å². The molecule has 3 aromatic carbocycles. The number of piperidine rings is 1. The molecule has 5 fully saturated rings. The zero-order valence-corrected chi connectivity index (χ0v) is 80.9. The molecular formula is C77H94BBrF3I2K2N27O10. The van der Waals surface area contributed by atoms with Crippen LogP contribution in [-0.2, 0) is 43.4 Å². The minimum Gasteiger partial charge on any atom is -1.00 e. The fraction of sp³-hybridized carbons (Fsp3) is 0.442. The van der Waals surface area contributed by atoms with Crippen LogP contribution in [0, 0.1) is 31.1 Å². The van der Waals surface area contributed by atoms with Crippen molar-refractivity contribution in [3.05, 3.63) is 87.3 Å². The number of aromatic nitrogens is 19. The Kier molecular flexibility index (Phi) is 35.8. The first-order valence-corrected chi connectivity index (χ1v) is 42.6. The van der Waals surface area contributed by atoms with Crippen molar-refractivity contribution in [3.8, 4) is 22.5 Å². The number of benzene rings is 3. The monoisotopic (exact) mass is 2040 g/mol. The molecule has 2 saturated heterocycles. The number of anilines is 7. The fourth-order valence-corrected chi connectivity index (χ4v) is 16.9. The Morgan fingerprint density at radius 3 is 1.33 bits per heavy atom. The number of nitrogens with one attached hydrogen (secondary N) is 2. The summed E-state index contributed by atoms with van der Waals surface area (Å²) in [6.45, 7) is 12.6. The van der Waals surface area contributed by atoms with Gasteiger partial charge in [0.2, 0.25) is 0 Å². The first-order chi connectivity index (χ1) is 58.0. The second kappa shape index (κ2) is 44.9. The van der Waals surface area contributed by atoms with E-state index < -0.39 is 19.3 Å². The van der Waals surface area contributed by atoms with Crippen molar-refractivity contribution in [2.45, 2.75) is 174 Å². The Balaban J connectivity index is 0.000000169. The minimum atomic E-state index is -5.08. The van der Waals surface area contributed by atoms with Gasteiger partial charge < -0.3 is 84.7 Å². The van der Waals surface area contributed by atoms with E-state index in [2.05, 4.69) is 141 Å². The fourth-order valence-electron chi connectivity index (χ4n) is 14.8. The Bertz CT molecular complexity index is 5670. The van der Waals surface area contributed by atoms with E-state index in [1.165, 1.54) is 127 Å². The minimum absolute atomic E-state index is 0. The average Bonchev–Trinajstić information content (AvgIpc) is 1.61. The number of nitrogens with zero attached hydrogens (tertiary/aromatic N) is 18. The Morgan fingerprint density at radius 1 is 0.569 bits per heavy atom. The van der Waals surface area contributed by atoms with Crippen molar-refractivity contribution in [3.63, 3.8) is 0 Å². The number of rotatable bonds is 11. The van der Waals surface area contributed by atoms with E-state index in [9.17, 15) is 13.2 Å². The topological polar surface area (TPSA) is 563 Å². The number of carboxylic acid groups (broad SMARTS) is 1. The molecular weight excluding hydrogens is 1940 g/mol. The summed E-state index contributed by atoms with van der Waals surface area (Å²) >= 11 is 7.82. The van der Waals surface area contributed by atoms with Crippen molar-refractivity contribution < 1.29 is 165 Å². The maximum atomic E-state index is 10.6.